The first-order valence-electron chi connectivity index (χ1n) is 9.75. The van der Waals surface area contributed by atoms with Gasteiger partial charge in [0.05, 0.1) is 24.5 Å². The van der Waals surface area contributed by atoms with Crippen LogP contribution < -0.4 is 14.4 Å². The first kappa shape index (κ1) is 21.2. The Morgan fingerprint density at radius 3 is 2.52 bits per heavy atom. The maximum atomic E-state index is 13.1. The lowest BCUT2D eigenvalue weighted by atomic mass is 9.96. The number of hydrogen-bond donors (Lipinski definition) is 1. The van der Waals surface area contributed by atoms with Crippen molar-refractivity contribution in [3.63, 3.8) is 0 Å². The quantitative estimate of drug-likeness (QED) is 0.783. The number of fused-ring (bicyclic) bond motifs is 1. The normalized spacial score (nSPS) is 17.4. The van der Waals surface area contributed by atoms with E-state index in [1.807, 2.05) is 43.3 Å². The van der Waals surface area contributed by atoms with E-state index in [1.54, 1.807) is 12.1 Å². The van der Waals surface area contributed by atoms with Crippen LogP contribution in [0.1, 0.15) is 37.4 Å². The number of anilines is 1. The molecule has 1 N–H and O–H groups in total. The van der Waals surface area contributed by atoms with E-state index in [-0.39, 0.29) is 18.5 Å². The van der Waals surface area contributed by atoms with Crippen LogP contribution >= 0.6 is 0 Å². The van der Waals surface area contributed by atoms with Crippen LogP contribution in [0.3, 0.4) is 0 Å². The van der Waals surface area contributed by atoms with E-state index in [9.17, 15) is 13.2 Å². The standard InChI is InChI=1S/C22H28N2O4S/c1-15(2)12-18(17-8-6-5-7-9-17)23-22(25)21-14-24(29(4,26)27)19-13-16(3)10-11-20(19)28-21/h5-11,13,15,18,21H,12,14H2,1-4H3,(H,23,25)/t18-,21+/m1/s1. The van der Waals surface area contributed by atoms with Gasteiger partial charge >= 0.3 is 0 Å². The molecule has 0 bridgehead atoms. The maximum absolute atomic E-state index is 13.1. The van der Waals surface area contributed by atoms with Crippen molar-refractivity contribution in [3.8, 4) is 5.75 Å². The highest BCUT2D eigenvalue weighted by atomic mass is 32.2. The van der Waals surface area contributed by atoms with Crippen LogP contribution in [0.5, 0.6) is 5.75 Å². The molecule has 0 aromatic heterocycles. The average Bonchev–Trinajstić information content (AvgIpc) is 2.66. The topological polar surface area (TPSA) is 75.7 Å². The van der Waals surface area contributed by atoms with E-state index in [2.05, 4.69) is 19.2 Å². The van der Waals surface area contributed by atoms with Gasteiger partial charge in [0, 0.05) is 0 Å². The second kappa shape index (κ2) is 8.45. The molecule has 0 spiro atoms. The highest BCUT2D eigenvalue weighted by molar-refractivity contribution is 7.92. The molecule has 0 saturated heterocycles. The van der Waals surface area contributed by atoms with Crippen LogP contribution in [0, 0.1) is 12.8 Å². The summed E-state index contributed by atoms with van der Waals surface area (Å²) in [5.74, 6) is 0.455. The fraction of sp³-hybridized carbons (Fsp3) is 0.409. The molecular formula is C22H28N2O4S. The summed E-state index contributed by atoms with van der Waals surface area (Å²) in [6.45, 7) is 6.03. The number of nitrogens with one attached hydrogen (secondary N) is 1. The SMILES string of the molecule is Cc1ccc2c(c1)N(S(C)(=O)=O)C[C@@H](C(=O)N[C@H](CC(C)C)c1ccccc1)O2. The van der Waals surface area contributed by atoms with Crippen LogP contribution in [-0.2, 0) is 14.8 Å². The number of carbonyl (C=O) groups is 1. The number of sulfonamides is 1. The van der Waals surface area contributed by atoms with Gasteiger partial charge in [-0.05, 0) is 42.5 Å². The van der Waals surface area contributed by atoms with Crippen LogP contribution in [-0.4, -0.2) is 33.2 Å². The number of rotatable bonds is 6. The highest BCUT2D eigenvalue weighted by Gasteiger charge is 2.36. The Morgan fingerprint density at radius 1 is 1.21 bits per heavy atom. The van der Waals surface area contributed by atoms with E-state index >= 15 is 0 Å². The predicted molar refractivity (Wildman–Crippen MR) is 115 cm³/mol. The second-order valence-corrected chi connectivity index (χ2v) is 9.88. The van der Waals surface area contributed by atoms with E-state index in [0.29, 0.717) is 17.4 Å². The van der Waals surface area contributed by atoms with E-state index in [0.717, 1.165) is 23.8 Å². The minimum Gasteiger partial charge on any atom is -0.476 e. The van der Waals surface area contributed by atoms with Crippen molar-refractivity contribution in [1.82, 2.24) is 5.32 Å². The summed E-state index contributed by atoms with van der Waals surface area (Å²) in [6.07, 6.45) is 0.997. The smallest absolute Gasteiger partial charge is 0.263 e. The Bertz CT molecular complexity index is 974. The lowest BCUT2D eigenvalue weighted by Crippen LogP contribution is -2.51. The molecule has 1 aliphatic heterocycles. The van der Waals surface area contributed by atoms with Gasteiger partial charge in [0.25, 0.3) is 5.91 Å². The molecule has 1 heterocycles. The third-order valence-corrected chi connectivity index (χ3v) is 6.05. The van der Waals surface area contributed by atoms with Crippen molar-refractivity contribution >= 4 is 21.6 Å². The number of ether oxygens (including phenoxy) is 1. The van der Waals surface area contributed by atoms with Crippen molar-refractivity contribution in [3.05, 3.63) is 59.7 Å². The monoisotopic (exact) mass is 416 g/mol. The number of carbonyl (C=O) groups excluding carboxylic acids is 1. The molecule has 6 nitrogen and oxygen atoms in total. The minimum atomic E-state index is -3.55. The van der Waals surface area contributed by atoms with Crippen molar-refractivity contribution in [2.75, 3.05) is 17.1 Å². The zero-order valence-electron chi connectivity index (χ0n) is 17.3. The molecule has 0 radical (unpaired) electrons. The molecule has 1 aliphatic rings. The number of hydrogen-bond acceptors (Lipinski definition) is 4. The molecular weight excluding hydrogens is 388 g/mol. The third kappa shape index (κ3) is 5.09. The molecule has 2 aromatic carbocycles. The lowest BCUT2D eigenvalue weighted by molar-refractivity contribution is -0.128. The number of benzene rings is 2. The van der Waals surface area contributed by atoms with Gasteiger partial charge in [-0.1, -0.05) is 50.2 Å². The van der Waals surface area contributed by atoms with Crippen molar-refractivity contribution in [1.29, 1.82) is 0 Å². The summed E-state index contributed by atoms with van der Waals surface area (Å²) in [5, 5.41) is 3.06. The van der Waals surface area contributed by atoms with E-state index in [1.165, 1.54) is 4.31 Å². The largest absolute Gasteiger partial charge is 0.476 e. The average molecular weight is 417 g/mol. The second-order valence-electron chi connectivity index (χ2n) is 7.97. The maximum Gasteiger partial charge on any atom is 0.263 e. The first-order chi connectivity index (χ1) is 13.6. The van der Waals surface area contributed by atoms with Crippen molar-refractivity contribution in [2.24, 2.45) is 5.92 Å². The van der Waals surface area contributed by atoms with Gasteiger partial charge in [-0.25, -0.2) is 8.42 Å². The fourth-order valence-electron chi connectivity index (χ4n) is 3.51. The van der Waals surface area contributed by atoms with Crippen molar-refractivity contribution < 1.29 is 17.9 Å². The zero-order chi connectivity index (χ0) is 21.2. The van der Waals surface area contributed by atoms with Crippen LogP contribution in [0.15, 0.2) is 48.5 Å². The van der Waals surface area contributed by atoms with Gasteiger partial charge in [0.1, 0.15) is 5.75 Å². The molecule has 3 rings (SSSR count). The summed E-state index contributed by atoms with van der Waals surface area (Å²) in [5.41, 5.74) is 2.41. The van der Waals surface area contributed by atoms with Gasteiger partial charge in [0.15, 0.2) is 6.10 Å². The molecule has 2 atom stereocenters. The van der Waals surface area contributed by atoms with Gasteiger partial charge in [-0.2, -0.15) is 0 Å². The summed E-state index contributed by atoms with van der Waals surface area (Å²) in [7, 11) is -3.55. The van der Waals surface area contributed by atoms with Gasteiger partial charge in [-0.3, -0.25) is 9.10 Å². The first-order valence-corrected chi connectivity index (χ1v) is 11.6. The van der Waals surface area contributed by atoms with Crippen molar-refractivity contribution in [2.45, 2.75) is 39.3 Å². The summed E-state index contributed by atoms with van der Waals surface area (Å²) in [4.78, 5) is 13.1. The molecule has 156 valence electrons. The van der Waals surface area contributed by atoms with Crippen LogP contribution in [0.25, 0.3) is 0 Å². The number of nitrogens with zero attached hydrogens (tertiary/aromatic N) is 1. The Labute approximate surface area is 172 Å². The molecule has 0 unspecified atom stereocenters. The summed E-state index contributed by atoms with van der Waals surface area (Å²) in [6, 6.07) is 14.9. The Kier molecular flexibility index (Phi) is 6.17. The molecule has 7 heteroatoms. The molecule has 1 amide bonds. The Morgan fingerprint density at radius 2 is 1.90 bits per heavy atom. The van der Waals surface area contributed by atoms with Gasteiger partial charge in [-0.15, -0.1) is 0 Å². The molecule has 29 heavy (non-hydrogen) atoms. The molecule has 2 aromatic rings. The Balaban J connectivity index is 1.86. The summed E-state index contributed by atoms with van der Waals surface area (Å²) >= 11 is 0. The van der Waals surface area contributed by atoms with E-state index < -0.39 is 16.1 Å². The van der Waals surface area contributed by atoms with Crippen LogP contribution in [0.4, 0.5) is 5.69 Å². The minimum absolute atomic E-state index is 0.0513. The number of aryl methyl sites for hydroxylation is 1. The van der Waals surface area contributed by atoms with Gasteiger partial charge in [0.2, 0.25) is 10.0 Å². The Hall–Kier alpha value is -2.54. The third-order valence-electron chi connectivity index (χ3n) is 4.90. The van der Waals surface area contributed by atoms with E-state index in [4.69, 9.17) is 4.74 Å². The molecule has 0 aliphatic carbocycles. The highest BCUT2D eigenvalue weighted by Crippen LogP contribution is 2.36. The molecule has 0 saturated carbocycles. The predicted octanol–water partition coefficient (Wildman–Crippen LogP) is 3.43. The molecule has 0 fully saturated rings. The lowest BCUT2D eigenvalue weighted by Gasteiger charge is -2.35. The summed E-state index contributed by atoms with van der Waals surface area (Å²) < 4.78 is 31.9. The van der Waals surface area contributed by atoms with Crippen LogP contribution in [0.2, 0.25) is 0 Å². The van der Waals surface area contributed by atoms with Gasteiger partial charge < -0.3 is 10.1 Å². The fourth-order valence-corrected chi connectivity index (χ4v) is 4.42. The zero-order valence-corrected chi connectivity index (χ0v) is 18.1. The number of amides is 1.